The Kier molecular flexibility index (Phi) is 6.40. The Morgan fingerprint density at radius 3 is 1.89 bits per heavy atom. The molecule has 3 N–H and O–H groups in total. The molecule has 0 saturated heterocycles. The summed E-state index contributed by atoms with van der Waals surface area (Å²) in [6, 6.07) is 16.3. The molecule has 2 aromatic carbocycles. The highest BCUT2D eigenvalue weighted by Gasteiger charge is 2.16. The molecule has 2 aliphatic carbocycles. The molecule has 5 nitrogen and oxygen atoms in total. The zero-order chi connectivity index (χ0) is 19.9. The fourth-order valence-corrected chi connectivity index (χ4v) is 3.50. The van der Waals surface area contributed by atoms with E-state index in [4.69, 9.17) is 5.84 Å². The zero-order valence-corrected chi connectivity index (χ0v) is 15.9. The third kappa shape index (κ3) is 4.56. The van der Waals surface area contributed by atoms with E-state index in [-0.39, 0.29) is 11.9 Å². The molecular formula is C23H24N2O3. The Bertz CT molecular complexity index is 867. The number of carbonyl (C=O) groups excluding carboxylic acids is 2. The topological polar surface area (TPSA) is 81.4 Å². The smallest absolute Gasteiger partial charge is 0.309 e. The van der Waals surface area contributed by atoms with Gasteiger partial charge in [-0.05, 0) is 46.2 Å². The Labute approximate surface area is 164 Å². The van der Waals surface area contributed by atoms with Crippen LogP contribution >= 0.6 is 0 Å². The molecule has 0 spiro atoms. The Morgan fingerprint density at radius 2 is 1.39 bits per heavy atom. The molecule has 0 unspecified atom stereocenters. The second-order valence-corrected chi connectivity index (χ2v) is 6.68. The molecule has 144 valence electrons. The molecule has 28 heavy (non-hydrogen) atoms. The molecule has 2 aliphatic rings. The summed E-state index contributed by atoms with van der Waals surface area (Å²) in [5.74, 6) is 4.72. The highest BCUT2D eigenvalue weighted by Crippen LogP contribution is 2.30. The van der Waals surface area contributed by atoms with E-state index in [1.54, 1.807) is 0 Å². The Hall–Kier alpha value is -3.18. The minimum absolute atomic E-state index is 0.145. The summed E-state index contributed by atoms with van der Waals surface area (Å²) in [5.41, 5.74) is 9.26. The van der Waals surface area contributed by atoms with Crippen LogP contribution < -0.4 is 11.3 Å². The second kappa shape index (κ2) is 9.15. The van der Waals surface area contributed by atoms with Crippen LogP contribution in [0.25, 0.3) is 11.1 Å². The van der Waals surface area contributed by atoms with E-state index in [0.29, 0.717) is 12.8 Å². The third-order valence-corrected chi connectivity index (χ3v) is 4.94. The number of nitrogens with two attached hydrogens (primary N) is 1. The number of ether oxygens (including phenoxy) is 1. The van der Waals surface area contributed by atoms with Gasteiger partial charge in [-0.25, -0.2) is 5.84 Å². The summed E-state index contributed by atoms with van der Waals surface area (Å²) in [6.07, 6.45) is 6.79. The molecule has 0 aromatic heterocycles. The number of amides is 1. The van der Waals surface area contributed by atoms with Crippen molar-refractivity contribution in [3.8, 4) is 0 Å². The number of allylic oxidation sites excluding steroid dienone is 2. The summed E-state index contributed by atoms with van der Waals surface area (Å²) < 4.78 is 4.65. The first-order valence-corrected chi connectivity index (χ1v) is 9.23. The fourth-order valence-electron chi connectivity index (χ4n) is 3.50. The zero-order valence-electron chi connectivity index (χ0n) is 15.9. The number of methoxy groups -OCH3 is 1. The molecule has 4 rings (SSSR count). The standard InChI is InChI=1S/C12H12O2.C11H12N2O/c1-14-12(13)8-10-7-6-9-4-2-3-5-11(9)10;12-13-11(14)7-9-6-5-8-3-1-2-4-10(8)9/h2-5,7H,6,8H2,1H3;1-4,6H,5,7,12H2,(H,13,14). The number of nitrogens with one attached hydrogen (secondary N) is 1. The first-order chi connectivity index (χ1) is 13.6. The number of hydrazine groups is 1. The van der Waals surface area contributed by atoms with Gasteiger partial charge in [0.1, 0.15) is 0 Å². The van der Waals surface area contributed by atoms with Gasteiger partial charge in [0.15, 0.2) is 0 Å². The van der Waals surface area contributed by atoms with Crippen LogP contribution in [-0.2, 0) is 27.2 Å². The third-order valence-electron chi connectivity index (χ3n) is 4.94. The lowest BCUT2D eigenvalue weighted by molar-refractivity contribution is -0.139. The molecule has 0 aliphatic heterocycles. The Morgan fingerprint density at radius 1 is 0.893 bits per heavy atom. The van der Waals surface area contributed by atoms with Gasteiger partial charge in [0.05, 0.1) is 20.0 Å². The van der Waals surface area contributed by atoms with E-state index in [0.717, 1.165) is 24.0 Å². The van der Waals surface area contributed by atoms with Crippen LogP contribution in [0.2, 0.25) is 0 Å². The van der Waals surface area contributed by atoms with Gasteiger partial charge in [0, 0.05) is 0 Å². The van der Waals surface area contributed by atoms with Gasteiger partial charge in [-0.3, -0.25) is 15.0 Å². The van der Waals surface area contributed by atoms with E-state index in [1.165, 1.54) is 29.4 Å². The molecule has 0 saturated carbocycles. The number of fused-ring (bicyclic) bond motifs is 2. The number of rotatable bonds is 4. The summed E-state index contributed by atoms with van der Waals surface area (Å²) in [4.78, 5) is 22.2. The molecular weight excluding hydrogens is 352 g/mol. The van der Waals surface area contributed by atoms with Gasteiger partial charge in [-0.1, -0.05) is 60.7 Å². The monoisotopic (exact) mass is 376 g/mol. The molecule has 0 heterocycles. The lowest BCUT2D eigenvalue weighted by atomic mass is 10.0. The van der Waals surface area contributed by atoms with Crippen molar-refractivity contribution in [1.82, 2.24) is 5.43 Å². The summed E-state index contributed by atoms with van der Waals surface area (Å²) in [6.45, 7) is 0. The second-order valence-electron chi connectivity index (χ2n) is 6.68. The maximum atomic E-state index is 11.1. The van der Waals surface area contributed by atoms with Crippen LogP contribution in [0.1, 0.15) is 35.1 Å². The minimum Gasteiger partial charge on any atom is -0.469 e. The van der Waals surface area contributed by atoms with E-state index in [9.17, 15) is 9.59 Å². The fraction of sp³-hybridized carbons (Fsp3) is 0.217. The van der Waals surface area contributed by atoms with Crippen molar-refractivity contribution in [2.45, 2.75) is 25.7 Å². The van der Waals surface area contributed by atoms with Gasteiger partial charge in [0.2, 0.25) is 5.91 Å². The van der Waals surface area contributed by atoms with Gasteiger partial charge in [-0.15, -0.1) is 0 Å². The van der Waals surface area contributed by atoms with Crippen LogP contribution in [0.3, 0.4) is 0 Å². The molecule has 0 radical (unpaired) electrons. The minimum atomic E-state index is -0.173. The van der Waals surface area contributed by atoms with Crippen molar-refractivity contribution in [2.75, 3.05) is 7.11 Å². The van der Waals surface area contributed by atoms with Crippen LogP contribution in [0.5, 0.6) is 0 Å². The molecule has 0 bridgehead atoms. The quantitative estimate of drug-likeness (QED) is 0.372. The molecule has 2 aromatic rings. The maximum Gasteiger partial charge on any atom is 0.309 e. The average molecular weight is 376 g/mol. The van der Waals surface area contributed by atoms with Crippen LogP contribution in [0.15, 0.2) is 60.7 Å². The molecule has 1 amide bonds. The van der Waals surface area contributed by atoms with Crippen LogP contribution in [0, 0.1) is 0 Å². The first-order valence-electron chi connectivity index (χ1n) is 9.23. The van der Waals surface area contributed by atoms with Crippen LogP contribution in [0.4, 0.5) is 0 Å². The predicted molar refractivity (Wildman–Crippen MR) is 110 cm³/mol. The van der Waals surface area contributed by atoms with E-state index in [2.05, 4.69) is 40.5 Å². The van der Waals surface area contributed by atoms with Crippen molar-refractivity contribution >= 4 is 23.0 Å². The number of esters is 1. The number of carbonyl (C=O) groups is 2. The predicted octanol–water partition coefficient (Wildman–Crippen LogP) is 3.20. The van der Waals surface area contributed by atoms with Crippen LogP contribution in [-0.4, -0.2) is 19.0 Å². The first kappa shape index (κ1) is 19.6. The summed E-state index contributed by atoms with van der Waals surface area (Å²) in [5, 5.41) is 0. The lowest BCUT2D eigenvalue weighted by Crippen LogP contribution is -2.29. The van der Waals surface area contributed by atoms with Gasteiger partial charge in [0.25, 0.3) is 0 Å². The maximum absolute atomic E-state index is 11.1. The summed E-state index contributed by atoms with van der Waals surface area (Å²) in [7, 11) is 1.42. The molecule has 0 atom stereocenters. The van der Waals surface area contributed by atoms with Crippen molar-refractivity contribution in [2.24, 2.45) is 5.84 Å². The van der Waals surface area contributed by atoms with Gasteiger partial charge in [-0.2, -0.15) is 0 Å². The van der Waals surface area contributed by atoms with Gasteiger partial charge < -0.3 is 4.74 Å². The normalized spacial score (nSPS) is 13.4. The van der Waals surface area contributed by atoms with E-state index < -0.39 is 0 Å². The van der Waals surface area contributed by atoms with Gasteiger partial charge >= 0.3 is 5.97 Å². The van der Waals surface area contributed by atoms with E-state index in [1.807, 2.05) is 30.3 Å². The van der Waals surface area contributed by atoms with Crippen molar-refractivity contribution in [3.63, 3.8) is 0 Å². The van der Waals surface area contributed by atoms with E-state index >= 15 is 0 Å². The lowest BCUT2D eigenvalue weighted by Gasteiger charge is -2.04. The Balaban J connectivity index is 0.000000161. The SMILES string of the molecule is COC(=O)CC1=CCc2ccccc21.NNC(=O)CC1=CCc2ccccc21. The number of benzene rings is 2. The van der Waals surface area contributed by atoms with Crippen molar-refractivity contribution < 1.29 is 14.3 Å². The number of hydrogen-bond donors (Lipinski definition) is 2. The number of hydrogen-bond acceptors (Lipinski definition) is 4. The molecule has 0 fully saturated rings. The summed E-state index contributed by atoms with van der Waals surface area (Å²) >= 11 is 0. The van der Waals surface area contributed by atoms with Crippen molar-refractivity contribution in [1.29, 1.82) is 0 Å². The largest absolute Gasteiger partial charge is 0.469 e. The highest BCUT2D eigenvalue weighted by atomic mass is 16.5. The average Bonchev–Trinajstić information content (AvgIpc) is 3.33. The molecule has 5 heteroatoms. The van der Waals surface area contributed by atoms with Crippen molar-refractivity contribution in [3.05, 3.63) is 82.9 Å². The highest BCUT2D eigenvalue weighted by molar-refractivity contribution is 5.90.